The van der Waals surface area contributed by atoms with Gasteiger partial charge in [-0.3, -0.25) is 4.79 Å². The lowest BCUT2D eigenvalue weighted by molar-refractivity contribution is -0.121. The van der Waals surface area contributed by atoms with Gasteiger partial charge in [0, 0.05) is 12.1 Å². The van der Waals surface area contributed by atoms with Crippen LogP contribution in [0.1, 0.15) is 59.2 Å². The Morgan fingerprint density at radius 1 is 1.21 bits per heavy atom. The summed E-state index contributed by atoms with van der Waals surface area (Å²) >= 11 is 0. The molecular formula is C22H28N2O5. The lowest BCUT2D eigenvalue weighted by atomic mass is 10.0. The minimum atomic E-state index is -0.365. The molecule has 0 radical (unpaired) electrons. The molecule has 0 saturated carbocycles. The van der Waals surface area contributed by atoms with Crippen LogP contribution in [0.15, 0.2) is 18.2 Å². The zero-order valence-electron chi connectivity index (χ0n) is 17.4. The first-order valence-corrected chi connectivity index (χ1v) is 9.94. The third-order valence-corrected chi connectivity index (χ3v) is 5.12. The molecule has 1 aromatic carbocycles. The lowest BCUT2D eigenvalue weighted by Crippen LogP contribution is -2.27. The predicted octanol–water partition coefficient (Wildman–Crippen LogP) is 3.39. The summed E-state index contributed by atoms with van der Waals surface area (Å²) in [5.74, 6) is 1.02. The molecule has 156 valence electrons. The first kappa shape index (κ1) is 20.8. The van der Waals surface area contributed by atoms with Crippen LogP contribution in [0, 0.1) is 13.8 Å². The minimum absolute atomic E-state index is 0.0509. The molecule has 2 aromatic rings. The van der Waals surface area contributed by atoms with Gasteiger partial charge < -0.3 is 24.5 Å². The second-order valence-electron chi connectivity index (χ2n) is 7.14. The van der Waals surface area contributed by atoms with Crippen LogP contribution in [-0.4, -0.2) is 36.7 Å². The van der Waals surface area contributed by atoms with Crippen molar-refractivity contribution in [3.8, 4) is 11.5 Å². The maximum Gasteiger partial charge on any atom is 0.355 e. The van der Waals surface area contributed by atoms with Crippen LogP contribution in [-0.2, 0) is 16.0 Å². The molecule has 1 aromatic heterocycles. The monoisotopic (exact) mass is 400 g/mol. The molecule has 1 aliphatic rings. The van der Waals surface area contributed by atoms with Crippen LogP contribution in [0.25, 0.3) is 0 Å². The molecule has 0 fully saturated rings. The van der Waals surface area contributed by atoms with Crippen LogP contribution in [0.4, 0.5) is 0 Å². The van der Waals surface area contributed by atoms with E-state index in [0.717, 1.165) is 28.1 Å². The second kappa shape index (κ2) is 9.03. The molecule has 0 aliphatic carbocycles. The van der Waals surface area contributed by atoms with E-state index in [0.29, 0.717) is 44.1 Å². The topological polar surface area (TPSA) is 89.7 Å². The Balaban J connectivity index is 1.59. The van der Waals surface area contributed by atoms with E-state index in [2.05, 4.69) is 10.3 Å². The summed E-state index contributed by atoms with van der Waals surface area (Å²) < 4.78 is 16.2. The van der Waals surface area contributed by atoms with Crippen molar-refractivity contribution in [2.45, 2.75) is 46.6 Å². The fourth-order valence-electron chi connectivity index (χ4n) is 3.54. The standard InChI is InChI=1S/C22H28N2O5/c1-5-27-22(26)21-13(2)17(15(4)24-21)7-9-20(25)23-14(3)16-6-8-18-19(12-16)29-11-10-28-18/h6,8,12,14,24H,5,7,9-11H2,1-4H3,(H,23,25)/t14-/m1/s1. The van der Waals surface area contributed by atoms with Crippen molar-refractivity contribution in [1.82, 2.24) is 10.3 Å². The van der Waals surface area contributed by atoms with Gasteiger partial charge in [0.25, 0.3) is 0 Å². The minimum Gasteiger partial charge on any atom is -0.486 e. The molecule has 7 nitrogen and oxygen atoms in total. The Kier molecular flexibility index (Phi) is 6.46. The molecule has 2 heterocycles. The van der Waals surface area contributed by atoms with Crippen LogP contribution in [0.5, 0.6) is 11.5 Å². The molecule has 0 spiro atoms. The maximum atomic E-state index is 12.5. The van der Waals surface area contributed by atoms with E-state index in [1.54, 1.807) is 6.92 Å². The molecule has 2 N–H and O–H groups in total. The largest absolute Gasteiger partial charge is 0.486 e. The number of fused-ring (bicyclic) bond motifs is 1. The Morgan fingerprint density at radius 2 is 1.93 bits per heavy atom. The summed E-state index contributed by atoms with van der Waals surface area (Å²) in [6.45, 7) is 8.90. The van der Waals surface area contributed by atoms with E-state index in [4.69, 9.17) is 14.2 Å². The Hall–Kier alpha value is -2.96. The fraction of sp³-hybridized carbons (Fsp3) is 0.455. The predicted molar refractivity (Wildman–Crippen MR) is 109 cm³/mol. The molecule has 0 saturated heterocycles. The first-order valence-electron chi connectivity index (χ1n) is 9.94. The highest BCUT2D eigenvalue weighted by Gasteiger charge is 2.20. The smallest absolute Gasteiger partial charge is 0.355 e. The van der Waals surface area contributed by atoms with E-state index in [-0.39, 0.29) is 17.9 Å². The van der Waals surface area contributed by atoms with E-state index >= 15 is 0 Å². The number of benzene rings is 1. The summed E-state index contributed by atoms with van der Waals surface area (Å²) in [5.41, 5.74) is 4.13. The molecule has 7 heteroatoms. The van der Waals surface area contributed by atoms with Gasteiger partial charge in [0.05, 0.1) is 12.6 Å². The van der Waals surface area contributed by atoms with E-state index in [1.165, 1.54) is 0 Å². The molecule has 1 atom stereocenters. The summed E-state index contributed by atoms with van der Waals surface area (Å²) in [6, 6.07) is 5.56. The second-order valence-corrected chi connectivity index (χ2v) is 7.14. The number of rotatable bonds is 7. The van der Waals surface area contributed by atoms with Gasteiger partial charge in [0.2, 0.25) is 5.91 Å². The van der Waals surface area contributed by atoms with Gasteiger partial charge in [-0.05, 0) is 62.9 Å². The highest BCUT2D eigenvalue weighted by atomic mass is 16.6. The van der Waals surface area contributed by atoms with E-state index in [1.807, 2.05) is 39.0 Å². The highest BCUT2D eigenvalue weighted by Crippen LogP contribution is 2.32. The number of esters is 1. The van der Waals surface area contributed by atoms with Gasteiger partial charge in [-0.25, -0.2) is 4.79 Å². The average Bonchev–Trinajstić information content (AvgIpc) is 3.00. The number of hydrogen-bond donors (Lipinski definition) is 2. The number of ether oxygens (including phenoxy) is 3. The number of aromatic amines is 1. The van der Waals surface area contributed by atoms with Gasteiger partial charge in [0.1, 0.15) is 18.9 Å². The normalized spacial score (nSPS) is 13.7. The number of amides is 1. The number of H-pyrrole nitrogens is 1. The summed E-state index contributed by atoms with van der Waals surface area (Å²) in [6.07, 6.45) is 0.879. The van der Waals surface area contributed by atoms with Crippen molar-refractivity contribution in [2.75, 3.05) is 19.8 Å². The summed E-state index contributed by atoms with van der Waals surface area (Å²) in [5, 5.41) is 3.02. The molecule has 29 heavy (non-hydrogen) atoms. The number of aromatic nitrogens is 1. The van der Waals surface area contributed by atoms with Crippen molar-refractivity contribution >= 4 is 11.9 Å². The van der Waals surface area contributed by atoms with Crippen molar-refractivity contribution in [3.63, 3.8) is 0 Å². The Morgan fingerprint density at radius 3 is 2.66 bits per heavy atom. The van der Waals surface area contributed by atoms with Gasteiger partial charge in [0.15, 0.2) is 11.5 Å². The number of nitrogens with one attached hydrogen (secondary N) is 2. The zero-order chi connectivity index (χ0) is 21.0. The fourth-order valence-corrected chi connectivity index (χ4v) is 3.54. The van der Waals surface area contributed by atoms with Gasteiger partial charge in [-0.1, -0.05) is 6.07 Å². The molecule has 1 amide bonds. The number of aryl methyl sites for hydroxylation is 1. The van der Waals surface area contributed by atoms with Crippen molar-refractivity contribution in [1.29, 1.82) is 0 Å². The van der Waals surface area contributed by atoms with Crippen LogP contribution < -0.4 is 14.8 Å². The SMILES string of the molecule is CCOC(=O)c1[nH]c(C)c(CCC(=O)N[C@H](C)c2ccc3c(c2)OCCO3)c1C. The molecule has 1 aliphatic heterocycles. The third kappa shape index (κ3) is 4.72. The van der Waals surface area contributed by atoms with Crippen molar-refractivity contribution < 1.29 is 23.8 Å². The Labute approximate surface area is 170 Å². The van der Waals surface area contributed by atoms with Gasteiger partial charge >= 0.3 is 5.97 Å². The van der Waals surface area contributed by atoms with Crippen LogP contribution in [0.2, 0.25) is 0 Å². The van der Waals surface area contributed by atoms with E-state index in [9.17, 15) is 9.59 Å². The lowest BCUT2D eigenvalue weighted by Gasteiger charge is -2.21. The van der Waals surface area contributed by atoms with Crippen molar-refractivity contribution in [3.05, 3.63) is 46.3 Å². The number of hydrogen-bond acceptors (Lipinski definition) is 5. The zero-order valence-corrected chi connectivity index (χ0v) is 17.4. The van der Waals surface area contributed by atoms with Crippen molar-refractivity contribution in [2.24, 2.45) is 0 Å². The number of carbonyl (C=O) groups excluding carboxylic acids is 2. The molecule has 3 rings (SSSR count). The Bertz CT molecular complexity index is 903. The van der Waals surface area contributed by atoms with Crippen LogP contribution in [0.3, 0.4) is 0 Å². The van der Waals surface area contributed by atoms with Crippen LogP contribution >= 0.6 is 0 Å². The summed E-state index contributed by atoms with van der Waals surface area (Å²) in [7, 11) is 0. The summed E-state index contributed by atoms with van der Waals surface area (Å²) in [4.78, 5) is 27.6. The maximum absolute atomic E-state index is 12.5. The molecule has 0 unspecified atom stereocenters. The van der Waals surface area contributed by atoms with Gasteiger partial charge in [-0.15, -0.1) is 0 Å². The third-order valence-electron chi connectivity index (χ3n) is 5.12. The molecule has 0 bridgehead atoms. The van der Waals surface area contributed by atoms with Gasteiger partial charge in [-0.2, -0.15) is 0 Å². The quantitative estimate of drug-likeness (QED) is 0.696. The average molecular weight is 400 g/mol. The molecular weight excluding hydrogens is 372 g/mol. The number of carbonyl (C=O) groups is 2. The first-order chi connectivity index (χ1) is 13.9. The van der Waals surface area contributed by atoms with E-state index < -0.39 is 0 Å². The highest BCUT2D eigenvalue weighted by molar-refractivity contribution is 5.90.